The lowest BCUT2D eigenvalue weighted by molar-refractivity contribution is -0.349. The minimum absolute atomic E-state index is 0.152. The number of benzene rings is 2. The monoisotopic (exact) mass is 714 g/mol. The molecule has 2 aromatic carbocycles. The van der Waals surface area contributed by atoms with Crippen LogP contribution < -0.4 is 0 Å². The molecule has 13 nitrogen and oxygen atoms in total. The highest BCUT2D eigenvalue weighted by Gasteiger charge is 2.54. The van der Waals surface area contributed by atoms with E-state index >= 15 is 0 Å². The molecule has 0 saturated carbocycles. The third kappa shape index (κ3) is 9.93. The van der Waals surface area contributed by atoms with E-state index in [1.54, 1.807) is 13.8 Å². The second-order valence-electron chi connectivity index (χ2n) is 11.0. The highest BCUT2D eigenvalue weighted by Crippen LogP contribution is 2.37. The Morgan fingerprint density at radius 3 is 1.91 bits per heavy atom. The van der Waals surface area contributed by atoms with E-state index in [0.717, 1.165) is 11.1 Å². The maximum absolute atomic E-state index is 12.4. The van der Waals surface area contributed by atoms with Gasteiger partial charge in [-0.05, 0) is 30.5 Å². The Kier molecular flexibility index (Phi) is 13.5. The van der Waals surface area contributed by atoms with Gasteiger partial charge in [-0.25, -0.2) is 0 Å². The van der Waals surface area contributed by atoms with Crippen molar-refractivity contribution in [3.05, 3.63) is 82.2 Å². The highest BCUT2D eigenvalue weighted by atomic mass is 35.6. The van der Waals surface area contributed by atoms with Gasteiger partial charge >= 0.3 is 5.97 Å². The van der Waals surface area contributed by atoms with E-state index in [2.05, 4.69) is 10.0 Å². The molecule has 2 heterocycles. The quantitative estimate of drug-likeness (QED) is 0.0526. The van der Waals surface area contributed by atoms with Gasteiger partial charge in [0.05, 0.1) is 31.5 Å². The molecule has 2 aliphatic heterocycles. The maximum atomic E-state index is 12.4. The molecule has 2 fully saturated rings. The summed E-state index contributed by atoms with van der Waals surface area (Å²) in [5.41, 5.74) is 11.1. The Balaban J connectivity index is 1.69. The van der Waals surface area contributed by atoms with Gasteiger partial charge < -0.3 is 37.9 Å². The summed E-state index contributed by atoms with van der Waals surface area (Å²) in [5.74, 6) is -1.46. The molecular weight excluding hydrogens is 679 g/mol. The van der Waals surface area contributed by atoms with E-state index in [1.165, 1.54) is 14.0 Å². The third-order valence-electron chi connectivity index (χ3n) is 7.60. The molecule has 0 spiro atoms. The van der Waals surface area contributed by atoms with Crippen LogP contribution >= 0.6 is 34.8 Å². The molecule has 2 aromatic rings. The summed E-state index contributed by atoms with van der Waals surface area (Å²) in [6.45, 7) is 4.95. The van der Waals surface area contributed by atoms with Crippen LogP contribution in [0.25, 0.3) is 10.4 Å². The van der Waals surface area contributed by atoms with Gasteiger partial charge in [0.25, 0.3) is 3.79 Å². The van der Waals surface area contributed by atoms with Crippen LogP contribution in [0.4, 0.5) is 0 Å². The fourth-order valence-corrected chi connectivity index (χ4v) is 5.53. The lowest BCUT2D eigenvalue weighted by Crippen LogP contribution is -2.65. The van der Waals surface area contributed by atoms with Crippen LogP contribution in [0.3, 0.4) is 0 Å². The topological polar surface area (TPSA) is 164 Å². The van der Waals surface area contributed by atoms with Gasteiger partial charge in [-0.3, -0.25) is 10.2 Å². The van der Waals surface area contributed by atoms with Gasteiger partial charge in [-0.2, -0.15) is 0 Å². The number of nitrogens with one attached hydrogen (secondary N) is 1. The number of hydrogen-bond acceptors (Lipinski definition) is 11. The van der Waals surface area contributed by atoms with Crippen molar-refractivity contribution in [2.45, 2.75) is 99.1 Å². The normalized spacial score (nSPS) is 31.0. The number of methoxy groups -OCH3 is 1. The number of alkyl halides is 3. The first kappa shape index (κ1) is 37.1. The molecule has 1 N–H and O–H groups in total. The fourth-order valence-electron chi connectivity index (χ4n) is 5.39. The smallest absolute Gasteiger partial charge is 0.303 e. The zero-order chi connectivity index (χ0) is 34.1. The number of esters is 1. The van der Waals surface area contributed by atoms with Crippen LogP contribution in [-0.2, 0) is 55.9 Å². The number of ether oxygens (including phenoxy) is 8. The molecule has 0 unspecified atom stereocenters. The van der Waals surface area contributed by atoms with E-state index in [0.29, 0.717) is 0 Å². The molecule has 10 atom stereocenters. The molecule has 256 valence electrons. The van der Waals surface area contributed by atoms with Gasteiger partial charge in [0.2, 0.25) is 12.2 Å². The molecule has 0 radical (unpaired) electrons. The van der Waals surface area contributed by atoms with Crippen molar-refractivity contribution >= 4 is 46.7 Å². The number of azide groups is 1. The average Bonchev–Trinajstić information content (AvgIpc) is 3.03. The zero-order valence-corrected chi connectivity index (χ0v) is 28.4. The largest absolute Gasteiger partial charge is 0.453 e. The Bertz CT molecular complexity index is 1370. The predicted molar refractivity (Wildman–Crippen MR) is 172 cm³/mol. The third-order valence-corrected chi connectivity index (χ3v) is 8.11. The number of carbonyl (C=O) groups is 1. The second kappa shape index (κ2) is 17.1. The van der Waals surface area contributed by atoms with Crippen LogP contribution in [0.2, 0.25) is 0 Å². The second-order valence-corrected chi connectivity index (χ2v) is 13.2. The Morgan fingerprint density at radius 1 is 0.851 bits per heavy atom. The van der Waals surface area contributed by atoms with Crippen molar-refractivity contribution in [2.75, 3.05) is 7.11 Å². The summed E-state index contributed by atoms with van der Waals surface area (Å²) in [5, 5.41) is 12.1. The van der Waals surface area contributed by atoms with E-state index in [4.69, 9.17) is 78.1 Å². The summed E-state index contributed by atoms with van der Waals surface area (Å²) in [7, 11) is 1.44. The van der Waals surface area contributed by atoms with Crippen LogP contribution in [0.15, 0.2) is 65.8 Å². The summed E-state index contributed by atoms with van der Waals surface area (Å²) < 4.78 is 46.4. The Morgan fingerprint density at radius 2 is 1.40 bits per heavy atom. The molecule has 0 aliphatic carbocycles. The van der Waals surface area contributed by atoms with E-state index in [-0.39, 0.29) is 13.2 Å². The summed E-state index contributed by atoms with van der Waals surface area (Å²) >= 11 is 17.7. The zero-order valence-electron chi connectivity index (χ0n) is 26.1. The van der Waals surface area contributed by atoms with Crippen molar-refractivity contribution in [3.63, 3.8) is 0 Å². The van der Waals surface area contributed by atoms with Crippen LogP contribution in [-0.4, -0.2) is 84.1 Å². The highest BCUT2D eigenvalue weighted by molar-refractivity contribution is 6.76. The first-order chi connectivity index (χ1) is 22.4. The molecule has 0 bridgehead atoms. The Hall–Kier alpha value is -2.68. The Labute approximate surface area is 287 Å². The number of carbonyl (C=O) groups excluding carboxylic acids is 1. The standard InChI is InChI=1S/C31H37Cl3N4O9/c1-17-22(37-38-36)24(42-16-21-13-9-6-10-14-21)26(40-4)28(43-17)46-25-23(41-15-20-11-7-5-8-12-20)18(2)44-29(27(25)45-19(3)39)47-30(35)31(32,33)34/h5-14,17-18,22-29,35H,15-16H2,1-4H3/t17-,18+,22-,23+,24+,25-,26-,27-,28+,29+/m1/s1. The van der Waals surface area contributed by atoms with Crippen molar-refractivity contribution in [2.24, 2.45) is 5.11 Å². The van der Waals surface area contributed by atoms with Gasteiger partial charge in [0, 0.05) is 18.9 Å². The first-order valence-corrected chi connectivity index (χ1v) is 15.9. The number of rotatable bonds is 12. The average molecular weight is 716 g/mol. The molecule has 4 rings (SSSR count). The predicted octanol–water partition coefficient (Wildman–Crippen LogP) is 6.02. The van der Waals surface area contributed by atoms with Crippen molar-refractivity contribution in [1.29, 1.82) is 5.41 Å². The molecule has 16 heteroatoms. The van der Waals surface area contributed by atoms with Crippen molar-refractivity contribution in [1.82, 2.24) is 0 Å². The summed E-state index contributed by atoms with van der Waals surface area (Å²) in [6.07, 6.45) is -9.17. The molecule has 47 heavy (non-hydrogen) atoms. The van der Waals surface area contributed by atoms with Gasteiger partial charge in [0.1, 0.15) is 24.4 Å². The minimum Gasteiger partial charge on any atom is -0.453 e. The number of hydrogen-bond donors (Lipinski definition) is 1. The summed E-state index contributed by atoms with van der Waals surface area (Å²) in [6, 6.07) is 18.1. The SMILES string of the molecule is CO[C@H]1[C@H](O[C@@H]2[C@@H](OCc3ccccc3)[C@H](C)O[C@@H](OC(=N)C(Cl)(Cl)Cl)[C@@H]2OC(C)=O)O[C@H](C)[C@@H](N=[N+]=[N-])[C@@H]1OCc1ccccc1. The molecular formula is C31H37Cl3N4O9. The van der Waals surface area contributed by atoms with Gasteiger partial charge in [-0.1, -0.05) is 101 Å². The molecule has 0 aromatic heterocycles. The van der Waals surface area contributed by atoms with Gasteiger partial charge in [0.15, 0.2) is 12.4 Å². The van der Waals surface area contributed by atoms with Crippen LogP contribution in [0.5, 0.6) is 0 Å². The molecule has 2 aliphatic rings. The molecule has 2 saturated heterocycles. The van der Waals surface area contributed by atoms with E-state index in [9.17, 15) is 10.3 Å². The number of halogens is 3. The maximum Gasteiger partial charge on any atom is 0.303 e. The van der Waals surface area contributed by atoms with Crippen LogP contribution in [0, 0.1) is 5.41 Å². The van der Waals surface area contributed by atoms with Gasteiger partial charge in [-0.15, -0.1) is 0 Å². The van der Waals surface area contributed by atoms with Crippen molar-refractivity contribution in [3.8, 4) is 0 Å². The van der Waals surface area contributed by atoms with E-state index < -0.39 is 77.0 Å². The lowest BCUT2D eigenvalue weighted by atomic mass is 9.95. The first-order valence-electron chi connectivity index (χ1n) is 14.8. The van der Waals surface area contributed by atoms with E-state index in [1.807, 2.05) is 60.7 Å². The van der Waals surface area contributed by atoms with Crippen molar-refractivity contribution < 1.29 is 42.7 Å². The molecule has 0 amide bonds. The fraction of sp³-hybridized carbons (Fsp3) is 0.548. The van der Waals surface area contributed by atoms with Crippen LogP contribution in [0.1, 0.15) is 31.9 Å². The minimum atomic E-state index is -2.23. The summed E-state index contributed by atoms with van der Waals surface area (Å²) in [4.78, 5) is 15.4. The lowest BCUT2D eigenvalue weighted by Gasteiger charge is -2.48. The number of nitrogens with zero attached hydrogens (tertiary/aromatic N) is 3.